The minimum Gasteiger partial charge on any atom is -0.369 e. The van der Waals surface area contributed by atoms with Gasteiger partial charge < -0.3 is 4.90 Å². The van der Waals surface area contributed by atoms with E-state index in [0.717, 1.165) is 28.6 Å². The normalized spacial score (nSPS) is 21.6. The number of anilines is 2. The van der Waals surface area contributed by atoms with Crippen molar-refractivity contribution in [2.75, 3.05) is 16.8 Å². The second-order valence-electron chi connectivity index (χ2n) is 8.85. The van der Waals surface area contributed by atoms with Crippen LogP contribution in [0.15, 0.2) is 42.0 Å². The van der Waals surface area contributed by atoms with Gasteiger partial charge in [0.15, 0.2) is 0 Å². The lowest BCUT2D eigenvalue weighted by Gasteiger charge is -2.45. The predicted molar refractivity (Wildman–Crippen MR) is 122 cm³/mol. The standard InChI is InChI=1S/C24H23ClFN3O3/c1-13-12-24(2,3)28(4)20-11-19(25)14(8-17(13)20)9-18-21(30)27-23(32)29(22(18)31)16-7-5-6-15(26)10-16/h5-11,13H,12H2,1-4H3,(H,27,30,32)/b18-9+. The lowest BCUT2D eigenvalue weighted by molar-refractivity contribution is -0.122. The van der Waals surface area contributed by atoms with Gasteiger partial charge in [-0.2, -0.15) is 0 Å². The molecule has 8 heteroatoms. The minimum atomic E-state index is -0.934. The van der Waals surface area contributed by atoms with Gasteiger partial charge in [-0.3, -0.25) is 14.9 Å². The van der Waals surface area contributed by atoms with E-state index in [1.54, 1.807) is 0 Å². The molecule has 2 aromatic carbocycles. The molecule has 0 bridgehead atoms. The van der Waals surface area contributed by atoms with Crippen molar-refractivity contribution >= 4 is 46.9 Å². The van der Waals surface area contributed by atoms with Crippen molar-refractivity contribution in [3.63, 3.8) is 0 Å². The first-order chi connectivity index (χ1) is 15.0. The van der Waals surface area contributed by atoms with E-state index < -0.39 is 23.7 Å². The van der Waals surface area contributed by atoms with Crippen LogP contribution >= 0.6 is 11.6 Å². The number of nitrogens with one attached hydrogen (secondary N) is 1. The van der Waals surface area contributed by atoms with E-state index in [-0.39, 0.29) is 22.7 Å². The Morgan fingerprint density at radius 3 is 2.59 bits per heavy atom. The molecule has 1 atom stereocenters. The van der Waals surface area contributed by atoms with Crippen molar-refractivity contribution in [3.05, 3.63) is 63.9 Å². The summed E-state index contributed by atoms with van der Waals surface area (Å²) in [5.41, 5.74) is 2.28. The topological polar surface area (TPSA) is 69.7 Å². The number of rotatable bonds is 2. The molecule has 2 heterocycles. The fraction of sp³-hybridized carbons (Fsp3) is 0.292. The molecule has 4 amide bonds. The van der Waals surface area contributed by atoms with E-state index >= 15 is 0 Å². The lowest BCUT2D eigenvalue weighted by Crippen LogP contribution is -2.54. The third-order valence-electron chi connectivity index (χ3n) is 6.22. The number of carbonyl (C=O) groups excluding carboxylic acids is 3. The number of barbiturate groups is 1. The molecular formula is C24H23ClFN3O3. The number of urea groups is 1. The van der Waals surface area contributed by atoms with E-state index in [2.05, 4.69) is 31.0 Å². The van der Waals surface area contributed by atoms with Crippen LogP contribution in [0.25, 0.3) is 6.08 Å². The maximum absolute atomic E-state index is 13.7. The van der Waals surface area contributed by atoms with Crippen LogP contribution in [-0.2, 0) is 9.59 Å². The van der Waals surface area contributed by atoms with Crippen molar-refractivity contribution in [1.82, 2.24) is 5.32 Å². The Morgan fingerprint density at radius 1 is 1.19 bits per heavy atom. The Kier molecular flexibility index (Phi) is 5.33. The largest absolute Gasteiger partial charge is 0.369 e. The molecule has 166 valence electrons. The van der Waals surface area contributed by atoms with E-state index in [4.69, 9.17) is 11.6 Å². The molecule has 1 N–H and O–H groups in total. The highest BCUT2D eigenvalue weighted by Crippen LogP contribution is 2.44. The summed E-state index contributed by atoms with van der Waals surface area (Å²) in [7, 11) is 2.01. The monoisotopic (exact) mass is 455 g/mol. The number of amides is 4. The molecule has 0 aromatic heterocycles. The van der Waals surface area contributed by atoms with Crippen molar-refractivity contribution in [3.8, 4) is 0 Å². The number of halogens is 2. The first-order valence-electron chi connectivity index (χ1n) is 10.2. The molecule has 1 fully saturated rings. The van der Waals surface area contributed by atoms with Gasteiger partial charge in [0.25, 0.3) is 11.8 Å². The molecule has 1 unspecified atom stereocenters. The molecule has 2 aliphatic heterocycles. The highest BCUT2D eigenvalue weighted by Gasteiger charge is 2.38. The smallest absolute Gasteiger partial charge is 0.335 e. The highest BCUT2D eigenvalue weighted by atomic mass is 35.5. The number of nitrogens with zero attached hydrogens (tertiary/aromatic N) is 2. The first-order valence-corrected chi connectivity index (χ1v) is 10.6. The molecule has 2 aromatic rings. The lowest BCUT2D eigenvalue weighted by atomic mass is 9.80. The predicted octanol–water partition coefficient (Wildman–Crippen LogP) is 4.87. The number of carbonyl (C=O) groups is 3. The van der Waals surface area contributed by atoms with Gasteiger partial charge in [-0.15, -0.1) is 0 Å². The molecule has 0 radical (unpaired) electrons. The molecule has 4 rings (SSSR count). The van der Waals surface area contributed by atoms with E-state index in [9.17, 15) is 18.8 Å². The van der Waals surface area contributed by atoms with Crippen LogP contribution in [0.5, 0.6) is 0 Å². The number of imide groups is 2. The van der Waals surface area contributed by atoms with Gasteiger partial charge in [-0.1, -0.05) is 24.6 Å². The number of hydrogen-bond acceptors (Lipinski definition) is 4. The maximum atomic E-state index is 13.7. The van der Waals surface area contributed by atoms with Crippen LogP contribution in [0.4, 0.5) is 20.6 Å². The van der Waals surface area contributed by atoms with Gasteiger partial charge >= 0.3 is 6.03 Å². The molecule has 1 saturated heterocycles. The quantitative estimate of drug-likeness (QED) is 0.518. The van der Waals surface area contributed by atoms with Crippen LogP contribution < -0.4 is 15.1 Å². The Hall–Kier alpha value is -3.19. The minimum absolute atomic E-state index is 0.0277. The summed E-state index contributed by atoms with van der Waals surface area (Å²) in [6.07, 6.45) is 2.31. The summed E-state index contributed by atoms with van der Waals surface area (Å²) < 4.78 is 13.7. The zero-order valence-electron chi connectivity index (χ0n) is 18.2. The zero-order chi connectivity index (χ0) is 23.4. The zero-order valence-corrected chi connectivity index (χ0v) is 19.0. The molecule has 2 aliphatic rings. The van der Waals surface area contributed by atoms with E-state index in [1.807, 2.05) is 19.2 Å². The summed E-state index contributed by atoms with van der Waals surface area (Å²) in [6.45, 7) is 6.46. The summed E-state index contributed by atoms with van der Waals surface area (Å²) in [6, 6.07) is 7.83. The summed E-state index contributed by atoms with van der Waals surface area (Å²) in [5.74, 6) is -2.03. The van der Waals surface area contributed by atoms with Crippen LogP contribution in [0.2, 0.25) is 5.02 Å². The molecule has 0 aliphatic carbocycles. The van der Waals surface area contributed by atoms with Gasteiger partial charge in [0.1, 0.15) is 11.4 Å². The molecule has 6 nitrogen and oxygen atoms in total. The van der Waals surface area contributed by atoms with Crippen molar-refractivity contribution in [2.24, 2.45) is 0 Å². The SMILES string of the molecule is CC1CC(C)(C)N(C)c2cc(Cl)c(/C=C3\C(=O)NC(=O)N(c4cccc(F)c4)C3=O)cc21. The fourth-order valence-electron chi connectivity index (χ4n) is 4.38. The third kappa shape index (κ3) is 3.66. The van der Waals surface area contributed by atoms with E-state index in [0.29, 0.717) is 10.6 Å². The fourth-order valence-corrected chi connectivity index (χ4v) is 4.59. The average Bonchev–Trinajstić information content (AvgIpc) is 2.69. The molecule has 0 saturated carbocycles. The Balaban J connectivity index is 1.78. The number of hydrogen-bond donors (Lipinski definition) is 1. The van der Waals surface area contributed by atoms with Gasteiger partial charge in [0, 0.05) is 23.3 Å². The van der Waals surface area contributed by atoms with Crippen molar-refractivity contribution in [1.29, 1.82) is 0 Å². The van der Waals surface area contributed by atoms with Gasteiger partial charge in [-0.05, 0) is 73.7 Å². The van der Waals surface area contributed by atoms with Crippen LogP contribution in [0.3, 0.4) is 0 Å². The second-order valence-corrected chi connectivity index (χ2v) is 9.25. The Labute approximate surface area is 190 Å². The summed E-state index contributed by atoms with van der Waals surface area (Å²) in [4.78, 5) is 40.8. The van der Waals surface area contributed by atoms with E-state index in [1.165, 1.54) is 24.3 Å². The molecule has 0 spiro atoms. The average molecular weight is 456 g/mol. The van der Waals surface area contributed by atoms with Crippen molar-refractivity contribution in [2.45, 2.75) is 38.6 Å². The van der Waals surface area contributed by atoms with Gasteiger partial charge in [-0.25, -0.2) is 14.1 Å². The second kappa shape index (κ2) is 7.74. The first kappa shape index (κ1) is 22.0. The molecular weight excluding hydrogens is 433 g/mol. The van der Waals surface area contributed by atoms with Crippen LogP contribution in [-0.4, -0.2) is 30.4 Å². The molecule has 32 heavy (non-hydrogen) atoms. The highest BCUT2D eigenvalue weighted by molar-refractivity contribution is 6.40. The number of benzene rings is 2. The third-order valence-corrected chi connectivity index (χ3v) is 6.55. The summed E-state index contributed by atoms with van der Waals surface area (Å²) in [5, 5.41) is 2.52. The van der Waals surface area contributed by atoms with Crippen molar-refractivity contribution < 1.29 is 18.8 Å². The Bertz CT molecular complexity index is 1190. The maximum Gasteiger partial charge on any atom is 0.335 e. The number of fused-ring (bicyclic) bond motifs is 1. The van der Waals surface area contributed by atoms with Crippen LogP contribution in [0.1, 0.15) is 44.2 Å². The Morgan fingerprint density at radius 2 is 1.91 bits per heavy atom. The van der Waals surface area contributed by atoms with Crippen LogP contribution in [0, 0.1) is 5.82 Å². The van der Waals surface area contributed by atoms with Gasteiger partial charge in [0.2, 0.25) is 0 Å². The summed E-state index contributed by atoms with van der Waals surface area (Å²) >= 11 is 6.54. The van der Waals surface area contributed by atoms with Gasteiger partial charge in [0.05, 0.1) is 5.69 Å².